The minimum absolute atomic E-state index is 0.136. The number of para-hydroxylation sites is 1. The number of amides is 1. The number of anilines is 1. The van der Waals surface area contributed by atoms with E-state index >= 15 is 0 Å². The zero-order valence-corrected chi connectivity index (χ0v) is 15.7. The number of rotatable bonds is 5. The molecule has 0 bridgehead atoms. The van der Waals surface area contributed by atoms with Crippen molar-refractivity contribution in [3.63, 3.8) is 0 Å². The number of carbonyl (C=O) groups is 1. The van der Waals surface area contributed by atoms with E-state index in [-0.39, 0.29) is 5.91 Å². The molecule has 4 rings (SSSR count). The van der Waals surface area contributed by atoms with E-state index in [1.165, 1.54) is 6.42 Å². The van der Waals surface area contributed by atoms with Crippen molar-refractivity contribution in [1.29, 1.82) is 0 Å². The molecule has 1 amide bonds. The molecule has 27 heavy (non-hydrogen) atoms. The summed E-state index contributed by atoms with van der Waals surface area (Å²) in [5.74, 6) is 1.50. The Labute approximate surface area is 158 Å². The van der Waals surface area contributed by atoms with Gasteiger partial charge in [0.25, 0.3) is 5.91 Å². The lowest BCUT2D eigenvalue weighted by molar-refractivity contribution is 0.102. The molecule has 3 aromatic rings. The Morgan fingerprint density at radius 1 is 1.22 bits per heavy atom. The lowest BCUT2D eigenvalue weighted by Crippen LogP contribution is -2.14. The highest BCUT2D eigenvalue weighted by atomic mass is 16.5. The summed E-state index contributed by atoms with van der Waals surface area (Å²) in [5, 5.41) is 7.16. The number of aromatic nitrogens is 2. The molecule has 1 aliphatic rings. The highest BCUT2D eigenvalue weighted by molar-refractivity contribution is 6.05. The van der Waals surface area contributed by atoms with E-state index < -0.39 is 0 Å². The van der Waals surface area contributed by atoms with Crippen molar-refractivity contribution in [2.45, 2.75) is 45.4 Å². The van der Waals surface area contributed by atoms with Crippen LogP contribution in [-0.2, 0) is 6.42 Å². The van der Waals surface area contributed by atoms with Crippen LogP contribution < -0.4 is 5.32 Å². The summed E-state index contributed by atoms with van der Waals surface area (Å²) in [4.78, 5) is 17.3. The van der Waals surface area contributed by atoms with Crippen LogP contribution in [0.3, 0.4) is 0 Å². The lowest BCUT2D eigenvalue weighted by Gasteiger charge is -2.20. The molecule has 1 heterocycles. The number of carbonyl (C=O) groups excluding carboxylic acids is 1. The summed E-state index contributed by atoms with van der Waals surface area (Å²) in [6.07, 6.45) is 4.31. The first-order valence-corrected chi connectivity index (χ1v) is 9.49. The third-order valence-electron chi connectivity index (χ3n) is 5.26. The van der Waals surface area contributed by atoms with Crippen LogP contribution in [0.15, 0.2) is 47.0 Å². The average molecular weight is 361 g/mol. The first kappa shape index (κ1) is 17.5. The van der Waals surface area contributed by atoms with Gasteiger partial charge in [0.15, 0.2) is 0 Å². The first-order chi connectivity index (χ1) is 13.2. The fourth-order valence-electron chi connectivity index (χ4n) is 3.36. The summed E-state index contributed by atoms with van der Waals surface area (Å²) in [6.45, 7) is 4.09. The van der Waals surface area contributed by atoms with Crippen LogP contribution in [0.5, 0.6) is 0 Å². The molecule has 5 nitrogen and oxygen atoms in total. The van der Waals surface area contributed by atoms with Crippen LogP contribution in [0.25, 0.3) is 11.4 Å². The number of nitrogens with one attached hydrogen (secondary N) is 1. The number of hydrogen-bond donors (Lipinski definition) is 1. The quantitative estimate of drug-likeness (QED) is 0.684. The van der Waals surface area contributed by atoms with Crippen molar-refractivity contribution in [2.24, 2.45) is 0 Å². The van der Waals surface area contributed by atoms with E-state index in [0.29, 0.717) is 23.2 Å². The Hall–Kier alpha value is -2.95. The average Bonchev–Trinajstić information content (AvgIpc) is 3.11. The van der Waals surface area contributed by atoms with Gasteiger partial charge in [-0.2, -0.15) is 4.98 Å². The molecular formula is C22H23N3O2. The van der Waals surface area contributed by atoms with E-state index in [0.717, 1.165) is 41.6 Å². The van der Waals surface area contributed by atoms with E-state index in [9.17, 15) is 4.79 Å². The third kappa shape index (κ3) is 3.50. The van der Waals surface area contributed by atoms with Crippen molar-refractivity contribution in [3.8, 4) is 11.4 Å². The standard InChI is InChI=1S/C22H23N3O2/c1-3-15-8-4-7-14(2)19(15)23-21(26)18-12-6-11-17(13-18)20-24-22(27-25-20)16-9-5-10-16/h4,6-8,11-13,16H,3,5,9-10H2,1-2H3,(H,23,26). The van der Waals surface area contributed by atoms with Crippen molar-refractivity contribution in [2.75, 3.05) is 5.32 Å². The topological polar surface area (TPSA) is 68.0 Å². The predicted octanol–water partition coefficient (Wildman–Crippen LogP) is 5.13. The van der Waals surface area contributed by atoms with Gasteiger partial charge in [0.1, 0.15) is 0 Å². The predicted molar refractivity (Wildman–Crippen MR) is 105 cm³/mol. The van der Waals surface area contributed by atoms with E-state index in [2.05, 4.69) is 22.4 Å². The second kappa shape index (κ2) is 7.35. The summed E-state index contributed by atoms with van der Waals surface area (Å²) in [6, 6.07) is 13.4. The maximum atomic E-state index is 12.8. The maximum Gasteiger partial charge on any atom is 0.255 e. The first-order valence-electron chi connectivity index (χ1n) is 9.49. The molecule has 0 aliphatic heterocycles. The largest absolute Gasteiger partial charge is 0.339 e. The van der Waals surface area contributed by atoms with Crippen LogP contribution in [0.1, 0.15) is 59.5 Å². The normalized spacial score (nSPS) is 14.0. The minimum atomic E-state index is -0.136. The van der Waals surface area contributed by atoms with Gasteiger partial charge in [-0.05, 0) is 49.4 Å². The van der Waals surface area contributed by atoms with Gasteiger partial charge in [0, 0.05) is 22.7 Å². The van der Waals surface area contributed by atoms with Gasteiger partial charge in [0.05, 0.1) is 0 Å². The fraction of sp³-hybridized carbons (Fsp3) is 0.318. The van der Waals surface area contributed by atoms with Gasteiger partial charge < -0.3 is 9.84 Å². The molecule has 2 aromatic carbocycles. The number of hydrogen-bond acceptors (Lipinski definition) is 4. The Morgan fingerprint density at radius 3 is 2.78 bits per heavy atom. The van der Waals surface area contributed by atoms with E-state index in [1.807, 2.05) is 43.3 Å². The van der Waals surface area contributed by atoms with Gasteiger partial charge >= 0.3 is 0 Å². The summed E-state index contributed by atoms with van der Waals surface area (Å²) in [5.41, 5.74) is 4.44. The molecule has 0 spiro atoms. The minimum Gasteiger partial charge on any atom is -0.339 e. The second-order valence-corrected chi connectivity index (χ2v) is 7.08. The maximum absolute atomic E-state index is 12.8. The summed E-state index contributed by atoms with van der Waals surface area (Å²) >= 11 is 0. The zero-order chi connectivity index (χ0) is 18.8. The van der Waals surface area contributed by atoms with Crippen LogP contribution in [0, 0.1) is 6.92 Å². The molecule has 1 N–H and O–H groups in total. The molecule has 0 radical (unpaired) electrons. The van der Waals surface area contributed by atoms with E-state index in [1.54, 1.807) is 6.07 Å². The Bertz CT molecular complexity index is 973. The molecule has 5 heteroatoms. The van der Waals surface area contributed by atoms with Crippen molar-refractivity contribution in [1.82, 2.24) is 10.1 Å². The molecule has 138 valence electrons. The smallest absolute Gasteiger partial charge is 0.255 e. The highest BCUT2D eigenvalue weighted by Gasteiger charge is 2.25. The molecule has 0 unspecified atom stereocenters. The summed E-state index contributed by atoms with van der Waals surface area (Å²) < 4.78 is 5.40. The number of aryl methyl sites for hydroxylation is 2. The Morgan fingerprint density at radius 2 is 2.04 bits per heavy atom. The molecule has 0 saturated heterocycles. The van der Waals surface area contributed by atoms with Crippen LogP contribution in [-0.4, -0.2) is 16.0 Å². The lowest BCUT2D eigenvalue weighted by atomic mass is 9.85. The molecule has 1 saturated carbocycles. The van der Waals surface area contributed by atoms with Crippen molar-refractivity contribution < 1.29 is 9.32 Å². The second-order valence-electron chi connectivity index (χ2n) is 7.08. The van der Waals surface area contributed by atoms with Crippen molar-refractivity contribution in [3.05, 3.63) is 65.0 Å². The molecule has 1 fully saturated rings. The number of benzene rings is 2. The number of nitrogens with zero attached hydrogens (tertiary/aromatic N) is 2. The van der Waals surface area contributed by atoms with Crippen molar-refractivity contribution >= 4 is 11.6 Å². The molecular weight excluding hydrogens is 338 g/mol. The fourth-order valence-corrected chi connectivity index (χ4v) is 3.36. The van der Waals surface area contributed by atoms with Gasteiger partial charge in [-0.1, -0.05) is 48.8 Å². The van der Waals surface area contributed by atoms with E-state index in [4.69, 9.17) is 4.52 Å². The SMILES string of the molecule is CCc1cccc(C)c1NC(=O)c1cccc(-c2noc(C3CCC3)n2)c1. The third-order valence-corrected chi connectivity index (χ3v) is 5.26. The Balaban J connectivity index is 1.57. The molecule has 1 aliphatic carbocycles. The zero-order valence-electron chi connectivity index (χ0n) is 15.7. The van der Waals surface area contributed by atoms with Gasteiger partial charge in [-0.25, -0.2) is 0 Å². The molecule has 1 aromatic heterocycles. The van der Waals surface area contributed by atoms with Crippen LogP contribution in [0.2, 0.25) is 0 Å². The van der Waals surface area contributed by atoms with Gasteiger partial charge in [-0.15, -0.1) is 0 Å². The van der Waals surface area contributed by atoms with Crippen LogP contribution in [0.4, 0.5) is 5.69 Å². The highest BCUT2D eigenvalue weighted by Crippen LogP contribution is 2.36. The molecule has 0 atom stereocenters. The monoisotopic (exact) mass is 361 g/mol. The van der Waals surface area contributed by atoms with Gasteiger partial charge in [-0.3, -0.25) is 4.79 Å². The van der Waals surface area contributed by atoms with Gasteiger partial charge in [0.2, 0.25) is 11.7 Å². The van der Waals surface area contributed by atoms with Crippen LogP contribution >= 0.6 is 0 Å². The Kier molecular flexibility index (Phi) is 4.75. The summed E-state index contributed by atoms with van der Waals surface area (Å²) in [7, 11) is 0.